The molecule has 0 amide bonds. The molecule has 0 aliphatic carbocycles. The molecular weight excluding hydrogens is 304 g/mol. The number of nitrogens with zero attached hydrogens (tertiary/aromatic N) is 2. The van der Waals surface area contributed by atoms with Gasteiger partial charge < -0.3 is 5.73 Å². The van der Waals surface area contributed by atoms with Crippen LogP contribution in [0.3, 0.4) is 0 Å². The molecule has 1 unspecified atom stereocenters. The first-order valence-electron chi connectivity index (χ1n) is 6.09. The van der Waals surface area contributed by atoms with E-state index in [-0.39, 0.29) is 11.9 Å². The SMILES string of the molecule is Cc1nn(C(CC(=N)N)c2ccccc2)c(C)c1Br. The standard InChI is InChI=1S/C14H17BrN4/c1-9-14(15)10(2)19(18-9)12(8-13(16)17)11-6-4-3-5-7-11/h3-7,12H,8H2,1-2H3,(H3,16,17). The van der Waals surface area contributed by atoms with Gasteiger partial charge in [-0.1, -0.05) is 30.3 Å². The van der Waals surface area contributed by atoms with Crippen LogP contribution in [0.2, 0.25) is 0 Å². The van der Waals surface area contributed by atoms with Crippen molar-refractivity contribution in [2.45, 2.75) is 26.3 Å². The number of benzene rings is 1. The number of aromatic nitrogens is 2. The lowest BCUT2D eigenvalue weighted by Gasteiger charge is -2.19. The molecule has 100 valence electrons. The fourth-order valence-electron chi connectivity index (χ4n) is 2.18. The smallest absolute Gasteiger partial charge is 0.0930 e. The first kappa shape index (κ1) is 13.8. The zero-order valence-electron chi connectivity index (χ0n) is 11.0. The molecule has 19 heavy (non-hydrogen) atoms. The van der Waals surface area contributed by atoms with Crippen LogP contribution < -0.4 is 5.73 Å². The molecule has 2 rings (SSSR count). The summed E-state index contributed by atoms with van der Waals surface area (Å²) in [6.45, 7) is 3.98. The van der Waals surface area contributed by atoms with Crippen LogP contribution >= 0.6 is 15.9 Å². The Morgan fingerprint density at radius 2 is 2.00 bits per heavy atom. The molecule has 1 aromatic heterocycles. The third-order valence-corrected chi connectivity index (χ3v) is 4.28. The van der Waals surface area contributed by atoms with Crippen LogP contribution in [0.5, 0.6) is 0 Å². The Morgan fingerprint density at radius 3 is 2.47 bits per heavy atom. The minimum absolute atomic E-state index is 0.0382. The normalized spacial score (nSPS) is 12.4. The van der Waals surface area contributed by atoms with E-state index in [1.165, 1.54) is 0 Å². The van der Waals surface area contributed by atoms with Crippen molar-refractivity contribution in [2.75, 3.05) is 0 Å². The Morgan fingerprint density at radius 1 is 1.37 bits per heavy atom. The molecule has 0 bridgehead atoms. The van der Waals surface area contributed by atoms with Crippen molar-refractivity contribution in [1.29, 1.82) is 5.41 Å². The summed E-state index contributed by atoms with van der Waals surface area (Å²) in [7, 11) is 0. The molecule has 0 radical (unpaired) electrons. The molecule has 1 aromatic carbocycles. The van der Waals surface area contributed by atoms with E-state index in [2.05, 4.69) is 21.0 Å². The van der Waals surface area contributed by atoms with Crippen molar-refractivity contribution in [3.05, 3.63) is 51.8 Å². The topological polar surface area (TPSA) is 67.7 Å². The second kappa shape index (κ2) is 5.57. The van der Waals surface area contributed by atoms with E-state index in [1.807, 2.05) is 48.9 Å². The second-order valence-corrected chi connectivity index (χ2v) is 5.38. The number of nitrogens with one attached hydrogen (secondary N) is 1. The van der Waals surface area contributed by atoms with Crippen LogP contribution in [-0.2, 0) is 0 Å². The van der Waals surface area contributed by atoms with E-state index in [9.17, 15) is 0 Å². The summed E-state index contributed by atoms with van der Waals surface area (Å²) in [5, 5.41) is 12.1. The molecule has 5 heteroatoms. The van der Waals surface area contributed by atoms with Crippen LogP contribution in [0.1, 0.15) is 29.4 Å². The fraction of sp³-hybridized carbons (Fsp3) is 0.286. The number of nitrogens with two attached hydrogens (primary N) is 1. The maximum atomic E-state index is 7.58. The van der Waals surface area contributed by atoms with Crippen molar-refractivity contribution < 1.29 is 0 Å². The molecule has 0 saturated heterocycles. The third kappa shape index (κ3) is 2.87. The molecule has 2 aromatic rings. The van der Waals surface area contributed by atoms with Crippen LogP contribution in [0.4, 0.5) is 0 Å². The highest BCUT2D eigenvalue weighted by molar-refractivity contribution is 9.10. The number of amidine groups is 1. The molecule has 0 aliphatic rings. The second-order valence-electron chi connectivity index (χ2n) is 4.59. The van der Waals surface area contributed by atoms with Gasteiger partial charge in [0.2, 0.25) is 0 Å². The van der Waals surface area contributed by atoms with Crippen LogP contribution in [0.15, 0.2) is 34.8 Å². The van der Waals surface area contributed by atoms with Gasteiger partial charge in [-0.2, -0.15) is 5.10 Å². The molecule has 1 heterocycles. The fourth-order valence-corrected chi connectivity index (χ4v) is 2.44. The van der Waals surface area contributed by atoms with Crippen LogP contribution in [-0.4, -0.2) is 15.6 Å². The van der Waals surface area contributed by atoms with Gasteiger partial charge in [0.25, 0.3) is 0 Å². The van der Waals surface area contributed by atoms with Gasteiger partial charge in [0, 0.05) is 6.42 Å². The Kier molecular flexibility index (Phi) is 4.04. The predicted molar refractivity (Wildman–Crippen MR) is 80.5 cm³/mol. The summed E-state index contributed by atoms with van der Waals surface area (Å²) in [5.74, 6) is 0.164. The van der Waals surface area contributed by atoms with Crippen LogP contribution in [0, 0.1) is 19.3 Å². The van der Waals surface area contributed by atoms with E-state index in [0.717, 1.165) is 21.4 Å². The van der Waals surface area contributed by atoms with Gasteiger partial charge in [0.05, 0.1) is 27.7 Å². The van der Waals surface area contributed by atoms with E-state index < -0.39 is 0 Å². The molecule has 0 fully saturated rings. The highest BCUT2D eigenvalue weighted by Crippen LogP contribution is 2.28. The van der Waals surface area contributed by atoms with Crippen molar-refractivity contribution >= 4 is 21.8 Å². The quantitative estimate of drug-likeness (QED) is 0.671. The third-order valence-electron chi connectivity index (χ3n) is 3.13. The largest absolute Gasteiger partial charge is 0.388 e. The predicted octanol–water partition coefficient (Wildman–Crippen LogP) is 3.18. The lowest BCUT2D eigenvalue weighted by atomic mass is 10.0. The monoisotopic (exact) mass is 320 g/mol. The van der Waals surface area contributed by atoms with Crippen LogP contribution in [0.25, 0.3) is 0 Å². The lowest BCUT2D eigenvalue weighted by molar-refractivity contribution is 0.520. The van der Waals surface area contributed by atoms with Gasteiger partial charge in [-0.3, -0.25) is 10.1 Å². The summed E-state index contributed by atoms with van der Waals surface area (Å²) in [4.78, 5) is 0. The molecule has 0 saturated carbocycles. The van der Waals surface area contributed by atoms with E-state index >= 15 is 0 Å². The number of halogens is 1. The van der Waals surface area contributed by atoms with Gasteiger partial charge in [-0.25, -0.2) is 0 Å². The first-order valence-corrected chi connectivity index (χ1v) is 6.89. The van der Waals surface area contributed by atoms with Gasteiger partial charge in [0.15, 0.2) is 0 Å². The summed E-state index contributed by atoms with van der Waals surface area (Å²) < 4.78 is 2.95. The van der Waals surface area contributed by atoms with Crippen molar-refractivity contribution in [1.82, 2.24) is 9.78 Å². The zero-order chi connectivity index (χ0) is 14.0. The van der Waals surface area contributed by atoms with Gasteiger partial charge in [-0.15, -0.1) is 0 Å². The minimum atomic E-state index is -0.0382. The molecule has 1 atom stereocenters. The molecule has 4 nitrogen and oxygen atoms in total. The van der Waals surface area contributed by atoms with Crippen molar-refractivity contribution in [3.63, 3.8) is 0 Å². The van der Waals surface area contributed by atoms with E-state index in [1.54, 1.807) is 0 Å². The minimum Gasteiger partial charge on any atom is -0.388 e. The Labute approximate surface area is 121 Å². The zero-order valence-corrected chi connectivity index (χ0v) is 12.6. The Hall–Kier alpha value is -1.62. The maximum absolute atomic E-state index is 7.58. The van der Waals surface area contributed by atoms with Crippen molar-refractivity contribution in [3.8, 4) is 0 Å². The Bertz CT molecular complexity index is 589. The number of rotatable bonds is 4. The van der Waals surface area contributed by atoms with E-state index in [4.69, 9.17) is 11.1 Å². The summed E-state index contributed by atoms with van der Waals surface area (Å²) in [5.41, 5.74) is 8.70. The lowest BCUT2D eigenvalue weighted by Crippen LogP contribution is -2.21. The highest BCUT2D eigenvalue weighted by atomic mass is 79.9. The van der Waals surface area contributed by atoms with Gasteiger partial charge in [0.1, 0.15) is 0 Å². The average Bonchev–Trinajstić information content (AvgIpc) is 2.64. The summed E-state index contributed by atoms with van der Waals surface area (Å²) >= 11 is 3.54. The Balaban J connectivity index is 2.49. The highest BCUT2D eigenvalue weighted by Gasteiger charge is 2.20. The maximum Gasteiger partial charge on any atom is 0.0930 e. The molecule has 0 spiro atoms. The number of hydrogen-bond donors (Lipinski definition) is 2. The summed E-state index contributed by atoms with van der Waals surface area (Å²) in [6, 6.07) is 10.00. The number of hydrogen-bond acceptors (Lipinski definition) is 2. The van der Waals surface area contributed by atoms with E-state index in [0.29, 0.717) is 6.42 Å². The molecule has 3 N–H and O–H groups in total. The first-order chi connectivity index (χ1) is 9.00. The molecular formula is C14H17BrN4. The van der Waals surface area contributed by atoms with Gasteiger partial charge >= 0.3 is 0 Å². The average molecular weight is 321 g/mol. The van der Waals surface area contributed by atoms with Gasteiger partial charge in [-0.05, 0) is 35.3 Å². The van der Waals surface area contributed by atoms with Crippen molar-refractivity contribution in [2.24, 2.45) is 5.73 Å². The molecule has 0 aliphatic heterocycles. The number of aryl methyl sites for hydroxylation is 1. The summed E-state index contributed by atoms with van der Waals surface area (Å²) in [6.07, 6.45) is 0.457.